The molecule has 0 heterocycles. The number of nitrogens with zero attached hydrogens (tertiary/aromatic N) is 1. The summed E-state index contributed by atoms with van der Waals surface area (Å²) in [6, 6.07) is 0. The maximum absolute atomic E-state index is 10.4. The average molecular weight is 251 g/mol. The Balaban J connectivity index is -0.000000440. The minimum absolute atomic E-state index is 0. The van der Waals surface area contributed by atoms with Crippen molar-refractivity contribution in [2.45, 2.75) is 20.8 Å². The summed E-state index contributed by atoms with van der Waals surface area (Å²) >= 11 is 0. The first-order valence-electron chi connectivity index (χ1n) is 4.31. The SMILES string of the molecule is BC#N.CC(=O)O[BH-](OC(C)=O)OC(C)=O.[Na+]. The van der Waals surface area contributed by atoms with Crippen molar-refractivity contribution >= 4 is 33.1 Å². The Bertz CT molecular complexity index is 267. The minimum atomic E-state index is -2.41. The van der Waals surface area contributed by atoms with Gasteiger partial charge in [-0.1, -0.05) is 0 Å². The third-order valence-electron chi connectivity index (χ3n) is 0.963. The van der Waals surface area contributed by atoms with E-state index in [9.17, 15) is 14.4 Å². The summed E-state index contributed by atoms with van der Waals surface area (Å²) < 4.78 is 13.3. The van der Waals surface area contributed by atoms with Gasteiger partial charge >= 0.3 is 36.9 Å². The molecule has 0 atom stereocenters. The van der Waals surface area contributed by atoms with Gasteiger partial charge in [0.25, 0.3) is 17.9 Å². The summed E-state index contributed by atoms with van der Waals surface area (Å²) in [5, 5.41) is 7.32. The van der Waals surface area contributed by atoms with Crippen LogP contribution in [0.2, 0.25) is 0 Å². The largest absolute Gasteiger partial charge is 1.00 e. The van der Waals surface area contributed by atoms with E-state index in [1.807, 2.05) is 0 Å². The molecule has 0 radical (unpaired) electrons. The molecular formula is C7H12B2NNaO6. The van der Waals surface area contributed by atoms with Crippen LogP contribution in [0.25, 0.3) is 0 Å². The van der Waals surface area contributed by atoms with Gasteiger partial charge in [-0.25, -0.2) is 5.26 Å². The van der Waals surface area contributed by atoms with E-state index in [1.165, 1.54) is 7.85 Å². The maximum Gasteiger partial charge on any atom is 1.00 e. The first-order chi connectivity index (χ1) is 7.33. The zero-order chi connectivity index (χ0) is 13.1. The fourth-order valence-corrected chi connectivity index (χ4v) is 0.586. The molecule has 0 saturated carbocycles. The average Bonchev–Trinajstić information content (AvgIpc) is 2.00. The van der Waals surface area contributed by atoms with E-state index in [1.54, 1.807) is 5.97 Å². The summed E-state index contributed by atoms with van der Waals surface area (Å²) in [5.41, 5.74) is 0. The molecule has 7 nitrogen and oxygen atoms in total. The van der Waals surface area contributed by atoms with Crippen LogP contribution in [0.4, 0.5) is 0 Å². The molecule has 0 aliphatic rings. The molecular weight excluding hydrogens is 239 g/mol. The van der Waals surface area contributed by atoms with Crippen LogP contribution in [-0.2, 0) is 28.3 Å². The van der Waals surface area contributed by atoms with Gasteiger partial charge in [0.1, 0.15) is 0 Å². The molecule has 0 aromatic heterocycles. The van der Waals surface area contributed by atoms with E-state index in [0.717, 1.165) is 20.8 Å². The van der Waals surface area contributed by atoms with E-state index < -0.39 is 25.2 Å². The number of rotatable bonds is 3. The minimum Gasteiger partial charge on any atom is -0.625 e. The Morgan fingerprint density at radius 1 is 1.00 bits per heavy atom. The van der Waals surface area contributed by atoms with Crippen molar-refractivity contribution in [3.05, 3.63) is 0 Å². The second kappa shape index (κ2) is 13.1. The molecule has 0 unspecified atom stereocenters. The normalized spacial score (nSPS) is 7.47. The molecule has 10 heteroatoms. The van der Waals surface area contributed by atoms with Crippen molar-refractivity contribution in [1.82, 2.24) is 0 Å². The number of hydrogen-bond donors (Lipinski definition) is 0. The van der Waals surface area contributed by atoms with Crippen molar-refractivity contribution in [2.24, 2.45) is 0 Å². The number of carbonyl (C=O) groups excluding carboxylic acids is 3. The van der Waals surface area contributed by atoms with Gasteiger partial charge in [0.2, 0.25) is 7.85 Å². The monoisotopic (exact) mass is 251 g/mol. The molecule has 0 aromatic carbocycles. The Kier molecular flexibility index (Phi) is 16.4. The van der Waals surface area contributed by atoms with Crippen LogP contribution in [0.3, 0.4) is 0 Å². The molecule has 0 amide bonds. The zero-order valence-electron chi connectivity index (χ0n) is 10.6. The van der Waals surface area contributed by atoms with Crippen LogP contribution >= 0.6 is 0 Å². The summed E-state index contributed by atoms with van der Waals surface area (Å²) in [5.74, 6) is -0.285. The molecule has 0 N–H and O–H groups in total. The van der Waals surface area contributed by atoms with Gasteiger partial charge in [-0.3, -0.25) is 14.4 Å². The van der Waals surface area contributed by atoms with E-state index >= 15 is 0 Å². The quantitative estimate of drug-likeness (QED) is 0.465. The van der Waals surface area contributed by atoms with E-state index in [4.69, 9.17) is 5.26 Å². The van der Waals surface area contributed by atoms with E-state index in [0.29, 0.717) is 0 Å². The Morgan fingerprint density at radius 3 is 1.29 bits per heavy atom. The van der Waals surface area contributed by atoms with Crippen LogP contribution in [0.15, 0.2) is 0 Å². The second-order valence-corrected chi connectivity index (χ2v) is 2.48. The van der Waals surface area contributed by atoms with Crippen molar-refractivity contribution in [2.75, 3.05) is 0 Å². The van der Waals surface area contributed by atoms with Crippen molar-refractivity contribution < 1.29 is 57.9 Å². The van der Waals surface area contributed by atoms with Gasteiger partial charge in [-0.05, 0) is 5.97 Å². The third-order valence-corrected chi connectivity index (χ3v) is 0.963. The van der Waals surface area contributed by atoms with Gasteiger partial charge in [0.15, 0.2) is 0 Å². The summed E-state index contributed by atoms with van der Waals surface area (Å²) in [6.45, 7) is 3.35. The molecule has 0 bridgehead atoms. The summed E-state index contributed by atoms with van der Waals surface area (Å²) in [4.78, 5) is 31.3. The maximum atomic E-state index is 10.4. The zero-order valence-corrected chi connectivity index (χ0v) is 12.6. The first-order valence-corrected chi connectivity index (χ1v) is 4.31. The molecule has 0 saturated heterocycles. The van der Waals surface area contributed by atoms with Gasteiger partial charge in [-0.15, -0.1) is 0 Å². The molecule has 0 fully saturated rings. The van der Waals surface area contributed by atoms with Gasteiger partial charge < -0.3 is 14.0 Å². The topological polar surface area (TPSA) is 103 Å². The fraction of sp³-hybridized carbons (Fsp3) is 0.429. The second-order valence-electron chi connectivity index (χ2n) is 2.48. The van der Waals surface area contributed by atoms with Crippen LogP contribution in [0.1, 0.15) is 20.8 Å². The molecule has 88 valence electrons. The smallest absolute Gasteiger partial charge is 0.625 e. The number of hydrogen-bond acceptors (Lipinski definition) is 7. The van der Waals surface area contributed by atoms with Crippen molar-refractivity contribution in [3.63, 3.8) is 0 Å². The van der Waals surface area contributed by atoms with Gasteiger partial charge in [0.05, 0.1) is 0 Å². The Labute approximate surface area is 123 Å². The van der Waals surface area contributed by atoms with Gasteiger partial charge in [0, 0.05) is 20.8 Å². The van der Waals surface area contributed by atoms with Crippen LogP contribution in [0.5, 0.6) is 0 Å². The first kappa shape index (κ1) is 21.3. The van der Waals surface area contributed by atoms with Crippen LogP contribution in [0, 0.1) is 11.2 Å². The standard InChI is InChI=1S/C6H10BO6.CH2BN.Na/c1-4(8)11-7(12-5(2)9)13-6(3)10;2-1-3;/h7H,1-3H3;2H2;/q-1;;+1. The van der Waals surface area contributed by atoms with E-state index in [-0.39, 0.29) is 29.6 Å². The predicted molar refractivity (Wildman–Crippen MR) is 56.6 cm³/mol. The van der Waals surface area contributed by atoms with Crippen molar-refractivity contribution in [1.29, 1.82) is 5.26 Å². The van der Waals surface area contributed by atoms with Crippen LogP contribution in [-0.4, -0.2) is 33.1 Å². The molecule has 0 aromatic rings. The Hall–Kier alpha value is -0.970. The fourth-order valence-electron chi connectivity index (χ4n) is 0.586. The third kappa shape index (κ3) is 21.0. The van der Waals surface area contributed by atoms with Crippen molar-refractivity contribution in [3.8, 4) is 5.97 Å². The Morgan fingerprint density at radius 2 is 1.18 bits per heavy atom. The number of nitriles is 1. The van der Waals surface area contributed by atoms with E-state index in [2.05, 4.69) is 14.0 Å². The summed E-state index contributed by atoms with van der Waals surface area (Å²) in [6.07, 6.45) is 0. The molecule has 0 aliphatic carbocycles. The molecule has 0 rings (SSSR count). The molecule has 0 spiro atoms. The number of carbonyl (C=O) groups is 3. The molecule has 0 aliphatic heterocycles. The van der Waals surface area contributed by atoms with Crippen LogP contribution < -0.4 is 29.6 Å². The van der Waals surface area contributed by atoms with Gasteiger partial charge in [-0.2, -0.15) is 0 Å². The predicted octanol–water partition coefficient (Wildman–Crippen LogP) is -4.50. The molecule has 17 heavy (non-hydrogen) atoms. The summed E-state index contributed by atoms with van der Waals surface area (Å²) in [7, 11) is -0.979.